The summed E-state index contributed by atoms with van der Waals surface area (Å²) in [6.07, 6.45) is 1.57. The standard InChI is InChI=1S/C29H25N3O5S/c1-20-8-6-9-21(2)28(20)31-38(36,37)26-16-14-24(15-17-26)30-29(33)27(23-11-4-3-5-12-23)19-22-10-7-13-25(18-22)32(34)35/h3-19,31H,1-2H3,(H,30,33)/b27-19+. The number of carbonyl (C=O) groups is 1. The van der Waals surface area contributed by atoms with Crippen LogP contribution in [0.25, 0.3) is 11.6 Å². The van der Waals surface area contributed by atoms with Crippen LogP contribution < -0.4 is 10.0 Å². The first kappa shape index (κ1) is 26.3. The number of nitro groups is 1. The summed E-state index contributed by atoms with van der Waals surface area (Å²) in [5, 5.41) is 14.0. The Hall–Kier alpha value is -4.76. The molecule has 0 unspecified atom stereocenters. The number of anilines is 2. The summed E-state index contributed by atoms with van der Waals surface area (Å²) in [7, 11) is -3.84. The first-order chi connectivity index (χ1) is 18.1. The fraction of sp³-hybridized carbons (Fsp3) is 0.0690. The van der Waals surface area contributed by atoms with Gasteiger partial charge in [0, 0.05) is 23.4 Å². The van der Waals surface area contributed by atoms with Crippen molar-refractivity contribution in [2.24, 2.45) is 0 Å². The van der Waals surface area contributed by atoms with Gasteiger partial charge in [-0.25, -0.2) is 8.42 Å². The number of non-ortho nitro benzene ring substituents is 1. The molecular weight excluding hydrogens is 502 g/mol. The average Bonchev–Trinajstić information content (AvgIpc) is 2.90. The van der Waals surface area contributed by atoms with E-state index in [1.54, 1.807) is 42.5 Å². The molecule has 38 heavy (non-hydrogen) atoms. The first-order valence-electron chi connectivity index (χ1n) is 11.7. The number of rotatable bonds is 8. The zero-order valence-electron chi connectivity index (χ0n) is 20.7. The fourth-order valence-electron chi connectivity index (χ4n) is 3.88. The maximum absolute atomic E-state index is 13.3. The number of para-hydroxylation sites is 1. The zero-order valence-corrected chi connectivity index (χ0v) is 21.5. The summed E-state index contributed by atoms with van der Waals surface area (Å²) in [4.78, 5) is 24.0. The number of nitrogens with zero attached hydrogens (tertiary/aromatic N) is 1. The van der Waals surface area contributed by atoms with Crippen molar-refractivity contribution in [2.45, 2.75) is 18.7 Å². The molecule has 0 aliphatic heterocycles. The van der Waals surface area contributed by atoms with Crippen LogP contribution in [0.3, 0.4) is 0 Å². The Kier molecular flexibility index (Phi) is 7.68. The van der Waals surface area contributed by atoms with Gasteiger partial charge in [0.05, 0.1) is 15.5 Å². The van der Waals surface area contributed by atoms with Crippen molar-refractivity contribution >= 4 is 44.6 Å². The topological polar surface area (TPSA) is 118 Å². The van der Waals surface area contributed by atoms with E-state index in [2.05, 4.69) is 10.0 Å². The number of amides is 1. The minimum atomic E-state index is -3.84. The van der Waals surface area contributed by atoms with Crippen LogP contribution in [0.4, 0.5) is 17.1 Å². The summed E-state index contributed by atoms with van der Waals surface area (Å²) in [6.45, 7) is 3.66. The number of benzene rings is 4. The van der Waals surface area contributed by atoms with Crippen molar-refractivity contribution < 1.29 is 18.1 Å². The normalized spacial score (nSPS) is 11.6. The highest BCUT2D eigenvalue weighted by Gasteiger charge is 2.18. The van der Waals surface area contributed by atoms with E-state index in [0.29, 0.717) is 28.1 Å². The van der Waals surface area contributed by atoms with Gasteiger partial charge < -0.3 is 5.32 Å². The molecular formula is C29H25N3O5S. The van der Waals surface area contributed by atoms with E-state index < -0.39 is 20.9 Å². The summed E-state index contributed by atoms with van der Waals surface area (Å²) in [5.74, 6) is -0.452. The predicted octanol–water partition coefficient (Wildman–Crippen LogP) is 6.19. The third-order valence-electron chi connectivity index (χ3n) is 5.86. The second kappa shape index (κ2) is 11.1. The molecule has 1 amide bonds. The molecule has 0 radical (unpaired) electrons. The van der Waals surface area contributed by atoms with Crippen molar-refractivity contribution in [3.8, 4) is 0 Å². The predicted molar refractivity (Wildman–Crippen MR) is 149 cm³/mol. The van der Waals surface area contributed by atoms with Gasteiger partial charge >= 0.3 is 0 Å². The number of nitrogens with one attached hydrogen (secondary N) is 2. The van der Waals surface area contributed by atoms with Crippen molar-refractivity contribution in [3.05, 3.63) is 129 Å². The molecule has 0 aliphatic rings. The lowest BCUT2D eigenvalue weighted by Gasteiger charge is -2.14. The Labute approximate surface area is 220 Å². The Morgan fingerprint density at radius 3 is 2.11 bits per heavy atom. The zero-order chi connectivity index (χ0) is 27.3. The number of sulfonamides is 1. The highest BCUT2D eigenvalue weighted by Crippen LogP contribution is 2.26. The number of aryl methyl sites for hydroxylation is 2. The summed E-state index contributed by atoms with van der Waals surface area (Å²) < 4.78 is 28.6. The molecule has 0 bridgehead atoms. The van der Waals surface area contributed by atoms with Gasteiger partial charge in [-0.15, -0.1) is 0 Å². The lowest BCUT2D eigenvalue weighted by atomic mass is 10.0. The third kappa shape index (κ3) is 6.13. The average molecular weight is 528 g/mol. The van der Waals surface area contributed by atoms with Gasteiger partial charge in [0.25, 0.3) is 21.6 Å². The van der Waals surface area contributed by atoms with Crippen LogP contribution in [-0.2, 0) is 14.8 Å². The van der Waals surface area contributed by atoms with E-state index in [-0.39, 0.29) is 10.6 Å². The van der Waals surface area contributed by atoms with E-state index in [1.807, 2.05) is 38.1 Å². The van der Waals surface area contributed by atoms with Gasteiger partial charge in [0.15, 0.2) is 0 Å². The second-order valence-corrected chi connectivity index (χ2v) is 10.3. The van der Waals surface area contributed by atoms with Crippen molar-refractivity contribution in [3.63, 3.8) is 0 Å². The van der Waals surface area contributed by atoms with Crippen LogP contribution in [0, 0.1) is 24.0 Å². The molecule has 0 atom stereocenters. The van der Waals surface area contributed by atoms with Crippen LogP contribution in [0.1, 0.15) is 22.3 Å². The van der Waals surface area contributed by atoms with Crippen LogP contribution in [-0.4, -0.2) is 19.2 Å². The van der Waals surface area contributed by atoms with Crippen LogP contribution in [0.2, 0.25) is 0 Å². The third-order valence-corrected chi connectivity index (χ3v) is 7.23. The van der Waals surface area contributed by atoms with Crippen molar-refractivity contribution in [1.29, 1.82) is 0 Å². The molecule has 0 heterocycles. The molecule has 4 rings (SSSR count). The Bertz CT molecular complexity index is 1610. The maximum atomic E-state index is 13.3. The second-order valence-electron chi connectivity index (χ2n) is 8.63. The number of hydrogen-bond donors (Lipinski definition) is 2. The van der Waals surface area contributed by atoms with Gasteiger partial charge in [-0.3, -0.25) is 19.6 Å². The summed E-state index contributed by atoms with van der Waals surface area (Å²) >= 11 is 0. The van der Waals surface area contributed by atoms with E-state index in [1.165, 1.54) is 36.4 Å². The van der Waals surface area contributed by atoms with Gasteiger partial charge in [-0.05, 0) is 66.4 Å². The molecule has 0 saturated heterocycles. The lowest BCUT2D eigenvalue weighted by molar-refractivity contribution is -0.384. The number of carbonyl (C=O) groups excluding carboxylic acids is 1. The van der Waals surface area contributed by atoms with Gasteiger partial charge in [-0.2, -0.15) is 0 Å². The lowest BCUT2D eigenvalue weighted by Crippen LogP contribution is -2.16. The summed E-state index contributed by atoms with van der Waals surface area (Å²) in [5.41, 5.74) is 3.85. The van der Waals surface area contributed by atoms with E-state index >= 15 is 0 Å². The van der Waals surface area contributed by atoms with Gasteiger partial charge in [-0.1, -0.05) is 60.7 Å². The quantitative estimate of drug-likeness (QED) is 0.123. The summed E-state index contributed by atoms with van der Waals surface area (Å²) in [6, 6.07) is 26.3. The molecule has 0 spiro atoms. The molecule has 0 saturated carbocycles. The number of nitro benzene ring substituents is 1. The van der Waals surface area contributed by atoms with E-state index in [4.69, 9.17) is 0 Å². The molecule has 192 valence electrons. The fourth-order valence-corrected chi connectivity index (χ4v) is 5.08. The highest BCUT2D eigenvalue weighted by atomic mass is 32.2. The van der Waals surface area contributed by atoms with Crippen LogP contribution in [0.5, 0.6) is 0 Å². The molecule has 8 nitrogen and oxygen atoms in total. The Balaban J connectivity index is 1.59. The SMILES string of the molecule is Cc1cccc(C)c1NS(=O)(=O)c1ccc(NC(=O)/C(=C/c2cccc([N+](=O)[O-])c2)c2ccccc2)cc1. The van der Waals surface area contributed by atoms with Crippen molar-refractivity contribution in [1.82, 2.24) is 0 Å². The highest BCUT2D eigenvalue weighted by molar-refractivity contribution is 7.92. The van der Waals surface area contributed by atoms with E-state index in [0.717, 1.165) is 11.1 Å². The molecule has 2 N–H and O–H groups in total. The minimum Gasteiger partial charge on any atom is -0.322 e. The van der Waals surface area contributed by atoms with Gasteiger partial charge in [0.2, 0.25) is 0 Å². The maximum Gasteiger partial charge on any atom is 0.270 e. The van der Waals surface area contributed by atoms with Crippen LogP contribution in [0.15, 0.2) is 102 Å². The molecule has 0 fully saturated rings. The molecule has 0 aliphatic carbocycles. The largest absolute Gasteiger partial charge is 0.322 e. The molecule has 4 aromatic carbocycles. The molecule has 9 heteroatoms. The minimum absolute atomic E-state index is 0.0496. The first-order valence-corrected chi connectivity index (χ1v) is 13.1. The number of hydrogen-bond acceptors (Lipinski definition) is 5. The monoisotopic (exact) mass is 527 g/mol. The van der Waals surface area contributed by atoms with E-state index in [9.17, 15) is 23.3 Å². The van der Waals surface area contributed by atoms with Gasteiger partial charge in [0.1, 0.15) is 0 Å². The smallest absolute Gasteiger partial charge is 0.270 e. The Morgan fingerprint density at radius 2 is 1.47 bits per heavy atom. The Morgan fingerprint density at radius 1 is 0.842 bits per heavy atom. The molecule has 4 aromatic rings. The van der Waals surface area contributed by atoms with Crippen molar-refractivity contribution in [2.75, 3.05) is 10.0 Å². The molecule has 0 aromatic heterocycles. The van der Waals surface area contributed by atoms with Crippen LogP contribution >= 0.6 is 0 Å².